The van der Waals surface area contributed by atoms with Crippen LogP contribution in [0.2, 0.25) is 0 Å². The number of hydrogen-bond donors (Lipinski definition) is 0. The second-order valence-corrected chi connectivity index (χ2v) is 5.15. The molecule has 1 aromatic heterocycles. The van der Waals surface area contributed by atoms with E-state index in [9.17, 15) is 4.79 Å². The molecule has 0 aliphatic carbocycles. The van der Waals surface area contributed by atoms with Crippen LogP contribution in [0.5, 0.6) is 0 Å². The Morgan fingerprint density at radius 3 is 3.15 bits per heavy atom. The second-order valence-electron chi connectivity index (χ2n) is 5.15. The number of aromatic nitrogens is 1. The van der Waals surface area contributed by atoms with Crippen LogP contribution >= 0.6 is 0 Å². The Morgan fingerprint density at radius 2 is 2.35 bits per heavy atom. The summed E-state index contributed by atoms with van der Waals surface area (Å²) in [5, 5.41) is 8.95. The fourth-order valence-electron chi connectivity index (χ4n) is 2.80. The molecule has 20 heavy (non-hydrogen) atoms. The number of carbonyl (C=O) groups is 1. The van der Waals surface area contributed by atoms with Crippen molar-refractivity contribution in [3.05, 3.63) is 23.9 Å². The number of carbonyl (C=O) groups excluding carboxylic acids is 1. The lowest BCUT2D eigenvalue weighted by atomic mass is 10.2. The van der Waals surface area contributed by atoms with Gasteiger partial charge in [-0.2, -0.15) is 5.26 Å². The van der Waals surface area contributed by atoms with Crippen molar-refractivity contribution in [1.82, 2.24) is 9.88 Å². The molecule has 0 aromatic carbocycles. The van der Waals surface area contributed by atoms with E-state index < -0.39 is 0 Å². The summed E-state index contributed by atoms with van der Waals surface area (Å²) in [5.41, 5.74) is 0.590. The Labute approximate surface area is 117 Å². The van der Waals surface area contributed by atoms with Gasteiger partial charge >= 0.3 is 0 Å². The van der Waals surface area contributed by atoms with Gasteiger partial charge in [-0.3, -0.25) is 4.79 Å². The highest BCUT2D eigenvalue weighted by Crippen LogP contribution is 2.25. The van der Waals surface area contributed by atoms with Crippen LogP contribution in [0, 0.1) is 11.3 Å². The number of nitriles is 1. The minimum atomic E-state index is 0.0130. The van der Waals surface area contributed by atoms with E-state index in [1.165, 1.54) is 0 Å². The number of pyridine rings is 1. The van der Waals surface area contributed by atoms with Gasteiger partial charge in [0, 0.05) is 26.3 Å². The summed E-state index contributed by atoms with van der Waals surface area (Å²) in [6.07, 6.45) is 2.10. The molecule has 3 heterocycles. The van der Waals surface area contributed by atoms with Crippen LogP contribution in [0.25, 0.3) is 0 Å². The molecule has 0 bridgehead atoms. The number of likely N-dealkylation sites (N-methyl/N-ethyl adjacent to an activating group) is 1. The van der Waals surface area contributed by atoms with E-state index in [1.54, 1.807) is 23.2 Å². The van der Waals surface area contributed by atoms with Crippen LogP contribution in [0.1, 0.15) is 12.0 Å². The van der Waals surface area contributed by atoms with Gasteiger partial charge in [0.25, 0.3) is 0 Å². The third-order valence-corrected chi connectivity index (χ3v) is 3.97. The third kappa shape index (κ3) is 2.21. The van der Waals surface area contributed by atoms with Crippen molar-refractivity contribution in [1.29, 1.82) is 5.26 Å². The summed E-state index contributed by atoms with van der Waals surface area (Å²) >= 11 is 0. The first-order chi connectivity index (χ1) is 9.69. The normalized spacial score (nSPS) is 26.1. The van der Waals surface area contributed by atoms with Crippen molar-refractivity contribution in [2.45, 2.75) is 18.6 Å². The molecule has 1 amide bonds. The summed E-state index contributed by atoms with van der Waals surface area (Å²) < 4.78 is 5.78. The summed E-state index contributed by atoms with van der Waals surface area (Å²) in [4.78, 5) is 20.0. The van der Waals surface area contributed by atoms with Crippen LogP contribution in [-0.4, -0.2) is 54.7 Å². The predicted molar refractivity (Wildman–Crippen MR) is 72.1 cm³/mol. The number of nitrogens with zero attached hydrogens (tertiary/aromatic N) is 4. The molecule has 2 atom stereocenters. The van der Waals surface area contributed by atoms with Gasteiger partial charge in [-0.15, -0.1) is 0 Å². The average Bonchev–Trinajstić information content (AvgIpc) is 2.85. The summed E-state index contributed by atoms with van der Waals surface area (Å²) in [7, 11) is 1.83. The van der Waals surface area contributed by atoms with E-state index in [0.29, 0.717) is 31.7 Å². The minimum Gasteiger partial charge on any atom is -0.374 e. The Hall–Kier alpha value is -2.13. The summed E-state index contributed by atoms with van der Waals surface area (Å²) in [6.45, 7) is 1.86. The van der Waals surface area contributed by atoms with E-state index in [4.69, 9.17) is 10.00 Å². The topological polar surface area (TPSA) is 69.5 Å². The van der Waals surface area contributed by atoms with Crippen molar-refractivity contribution < 1.29 is 9.53 Å². The van der Waals surface area contributed by atoms with Crippen molar-refractivity contribution in [3.8, 4) is 6.07 Å². The zero-order valence-corrected chi connectivity index (χ0v) is 11.3. The lowest BCUT2D eigenvalue weighted by Gasteiger charge is -2.25. The first-order valence-corrected chi connectivity index (χ1v) is 6.67. The van der Waals surface area contributed by atoms with Gasteiger partial charge in [-0.05, 0) is 12.1 Å². The molecule has 104 valence electrons. The van der Waals surface area contributed by atoms with Gasteiger partial charge < -0.3 is 14.5 Å². The maximum absolute atomic E-state index is 11.9. The fourth-order valence-corrected chi connectivity index (χ4v) is 2.80. The van der Waals surface area contributed by atoms with Gasteiger partial charge in [0.2, 0.25) is 5.91 Å². The molecule has 0 N–H and O–H groups in total. The first kappa shape index (κ1) is 12.9. The van der Waals surface area contributed by atoms with Gasteiger partial charge in [0.1, 0.15) is 5.82 Å². The van der Waals surface area contributed by atoms with Crippen LogP contribution in [0.15, 0.2) is 18.3 Å². The molecule has 0 unspecified atom stereocenters. The fraction of sp³-hybridized carbons (Fsp3) is 0.500. The maximum atomic E-state index is 11.9. The molecular weight excluding hydrogens is 256 g/mol. The van der Waals surface area contributed by atoms with Crippen LogP contribution in [-0.2, 0) is 9.53 Å². The third-order valence-electron chi connectivity index (χ3n) is 3.97. The molecular formula is C14H16N4O2. The van der Waals surface area contributed by atoms with Gasteiger partial charge in [0.15, 0.2) is 0 Å². The van der Waals surface area contributed by atoms with E-state index >= 15 is 0 Å². The SMILES string of the molecule is CN1C(=O)CCO[C@H]2CN(c3cc(C#N)ccn3)C[C@@H]21. The van der Waals surface area contributed by atoms with Crippen molar-refractivity contribution >= 4 is 11.7 Å². The number of ether oxygens (including phenoxy) is 1. The molecule has 2 saturated heterocycles. The van der Waals surface area contributed by atoms with Gasteiger partial charge in [0.05, 0.1) is 36.8 Å². The zero-order valence-electron chi connectivity index (χ0n) is 11.3. The molecule has 3 rings (SSSR count). The molecule has 6 heteroatoms. The predicted octanol–water partition coefficient (Wildman–Crippen LogP) is 0.389. The lowest BCUT2D eigenvalue weighted by Crippen LogP contribution is -2.42. The van der Waals surface area contributed by atoms with Crippen molar-refractivity contribution in [2.75, 3.05) is 31.6 Å². The van der Waals surface area contributed by atoms with Crippen LogP contribution in [0.3, 0.4) is 0 Å². The number of rotatable bonds is 1. The Balaban J connectivity index is 1.82. The van der Waals surface area contributed by atoms with Crippen molar-refractivity contribution in [3.63, 3.8) is 0 Å². The second kappa shape index (κ2) is 5.10. The number of anilines is 1. The number of amides is 1. The first-order valence-electron chi connectivity index (χ1n) is 6.67. The van der Waals surface area contributed by atoms with Gasteiger partial charge in [-0.25, -0.2) is 4.98 Å². The smallest absolute Gasteiger partial charge is 0.225 e. The Kier molecular flexibility index (Phi) is 3.28. The Morgan fingerprint density at radius 1 is 1.50 bits per heavy atom. The Bertz CT molecular complexity index is 569. The monoisotopic (exact) mass is 272 g/mol. The quantitative estimate of drug-likeness (QED) is 0.739. The maximum Gasteiger partial charge on any atom is 0.225 e. The molecule has 1 aromatic rings. The van der Waals surface area contributed by atoms with Crippen molar-refractivity contribution in [2.24, 2.45) is 0 Å². The number of hydrogen-bond acceptors (Lipinski definition) is 5. The zero-order chi connectivity index (χ0) is 14.1. The molecule has 0 spiro atoms. The van der Waals surface area contributed by atoms with E-state index in [2.05, 4.69) is 16.0 Å². The van der Waals surface area contributed by atoms with Gasteiger partial charge in [-0.1, -0.05) is 0 Å². The minimum absolute atomic E-state index is 0.0130. The standard InChI is InChI=1S/C14H16N4O2/c1-17-11-8-18(9-12(11)20-5-3-14(17)19)13-6-10(7-15)2-4-16-13/h2,4,6,11-12H,3,5,8-9H2,1H3/t11-,12-/m0/s1. The largest absolute Gasteiger partial charge is 0.374 e. The molecule has 0 radical (unpaired) electrons. The highest BCUT2D eigenvalue weighted by atomic mass is 16.5. The highest BCUT2D eigenvalue weighted by molar-refractivity contribution is 5.77. The molecule has 0 saturated carbocycles. The molecule has 6 nitrogen and oxygen atoms in total. The van der Waals surface area contributed by atoms with Crippen LogP contribution < -0.4 is 4.90 Å². The summed E-state index contributed by atoms with van der Waals surface area (Å²) in [5.74, 6) is 0.889. The summed E-state index contributed by atoms with van der Waals surface area (Å²) in [6, 6.07) is 5.63. The lowest BCUT2D eigenvalue weighted by molar-refractivity contribution is -0.130. The molecule has 2 aliphatic rings. The highest BCUT2D eigenvalue weighted by Gasteiger charge is 2.40. The molecule has 2 aliphatic heterocycles. The average molecular weight is 272 g/mol. The van der Waals surface area contributed by atoms with E-state index in [0.717, 1.165) is 5.82 Å². The van der Waals surface area contributed by atoms with E-state index in [1.807, 2.05) is 7.05 Å². The van der Waals surface area contributed by atoms with E-state index in [-0.39, 0.29) is 18.1 Å². The van der Waals surface area contributed by atoms with Crippen LogP contribution in [0.4, 0.5) is 5.82 Å². The number of fused-ring (bicyclic) bond motifs is 1. The molecule has 2 fully saturated rings.